The van der Waals surface area contributed by atoms with E-state index in [-0.39, 0.29) is 31.6 Å². The minimum atomic E-state index is -1.65. The molecule has 0 saturated carbocycles. The lowest BCUT2D eigenvalue weighted by molar-refractivity contribution is -0.757. The largest absolute Gasteiger partial charge is 0.504 e. The summed E-state index contributed by atoms with van der Waals surface area (Å²) in [5.41, 5.74) is -1.25. The van der Waals surface area contributed by atoms with Crippen LogP contribution in [0.3, 0.4) is 0 Å². The van der Waals surface area contributed by atoms with Gasteiger partial charge in [0.15, 0.2) is 11.5 Å². The van der Waals surface area contributed by atoms with E-state index in [1.807, 2.05) is 0 Å². The van der Waals surface area contributed by atoms with E-state index in [4.69, 9.17) is 0 Å². The smallest absolute Gasteiger partial charge is 0.329 e. The zero-order valence-corrected chi connectivity index (χ0v) is 12.9. The first-order valence-electron chi connectivity index (χ1n) is 6.96. The number of amides is 1. The van der Waals surface area contributed by atoms with Gasteiger partial charge in [-0.05, 0) is 31.0 Å². The van der Waals surface area contributed by atoms with Gasteiger partial charge in [0, 0.05) is 12.8 Å². The first kappa shape index (κ1) is 19.0. The second-order valence-corrected chi connectivity index (χ2v) is 5.35. The Labute approximate surface area is 136 Å². The van der Waals surface area contributed by atoms with Gasteiger partial charge in [-0.2, -0.15) is 0 Å². The zero-order valence-electron chi connectivity index (χ0n) is 12.9. The molecule has 0 heterocycles. The van der Waals surface area contributed by atoms with E-state index in [1.54, 1.807) is 0 Å². The van der Waals surface area contributed by atoms with E-state index in [9.17, 15) is 35.0 Å². The van der Waals surface area contributed by atoms with Gasteiger partial charge < -0.3 is 25.5 Å². The molecule has 1 aromatic rings. The maximum atomic E-state index is 11.8. The Balaban J connectivity index is 2.69. The van der Waals surface area contributed by atoms with Gasteiger partial charge in [0.2, 0.25) is 5.91 Å². The lowest BCUT2D eigenvalue weighted by Gasteiger charge is -2.26. The van der Waals surface area contributed by atoms with E-state index in [0.29, 0.717) is 5.56 Å². The fourth-order valence-electron chi connectivity index (χ4n) is 2.00. The number of aromatic hydroxyl groups is 2. The molecule has 1 rings (SSSR count). The molecule has 1 unspecified atom stereocenters. The summed E-state index contributed by atoms with van der Waals surface area (Å²) in [6, 6.07) is 3.84. The Kier molecular flexibility index (Phi) is 6.33. The van der Waals surface area contributed by atoms with Gasteiger partial charge in [-0.3, -0.25) is 4.79 Å². The van der Waals surface area contributed by atoms with Crippen LogP contribution in [0.15, 0.2) is 18.2 Å². The van der Waals surface area contributed by atoms with Crippen LogP contribution in [0.2, 0.25) is 0 Å². The van der Waals surface area contributed by atoms with Crippen molar-refractivity contribution in [2.24, 2.45) is 0 Å². The molecular formula is C14H18N2O8. The van der Waals surface area contributed by atoms with Crippen molar-refractivity contribution in [1.29, 1.82) is 0 Å². The standard InChI is InChI=1S/C14H18N2O8/c1-14(13(20)21,8-9-4-5-10(17)11(18)7-9)15-12(19)3-2-6-24-16(22)23/h4-5,7,17-18H,2-3,6,8H2,1H3,(H,15,19)(H,20,21). The molecule has 132 valence electrons. The summed E-state index contributed by atoms with van der Waals surface area (Å²) in [6.45, 7) is 1.03. The number of rotatable bonds is 9. The van der Waals surface area contributed by atoms with Gasteiger partial charge in [0.05, 0.1) is 6.61 Å². The van der Waals surface area contributed by atoms with Crippen LogP contribution in [0, 0.1) is 10.1 Å². The molecule has 24 heavy (non-hydrogen) atoms. The van der Waals surface area contributed by atoms with Crippen molar-refractivity contribution in [2.75, 3.05) is 6.61 Å². The highest BCUT2D eigenvalue weighted by molar-refractivity contribution is 5.87. The number of phenols is 2. The summed E-state index contributed by atoms with van der Waals surface area (Å²) < 4.78 is 0. The summed E-state index contributed by atoms with van der Waals surface area (Å²) in [5, 5.41) is 39.4. The number of nitrogens with zero attached hydrogens (tertiary/aromatic N) is 1. The summed E-state index contributed by atoms with van der Waals surface area (Å²) in [7, 11) is 0. The SMILES string of the molecule is CC(Cc1ccc(O)c(O)c1)(NC(=O)CCCO[N+](=O)[O-])C(=O)O. The van der Waals surface area contributed by atoms with Crippen molar-refractivity contribution in [1.82, 2.24) is 5.32 Å². The average Bonchev–Trinajstić information content (AvgIpc) is 2.47. The molecule has 0 radical (unpaired) electrons. The van der Waals surface area contributed by atoms with Crippen LogP contribution in [0.4, 0.5) is 0 Å². The molecule has 0 aliphatic carbocycles. The van der Waals surface area contributed by atoms with Crippen molar-refractivity contribution in [2.45, 2.75) is 31.7 Å². The lowest BCUT2D eigenvalue weighted by Crippen LogP contribution is -2.53. The molecule has 0 saturated heterocycles. The Bertz CT molecular complexity index is 633. The van der Waals surface area contributed by atoms with Crippen LogP contribution >= 0.6 is 0 Å². The minimum Gasteiger partial charge on any atom is -0.504 e. The number of benzene rings is 1. The van der Waals surface area contributed by atoms with E-state index in [0.717, 1.165) is 0 Å². The summed E-state index contributed by atoms with van der Waals surface area (Å²) in [5.74, 6) is -2.63. The Morgan fingerprint density at radius 2 is 2.00 bits per heavy atom. The quantitative estimate of drug-likeness (QED) is 0.219. The molecule has 1 aromatic carbocycles. The molecule has 10 nitrogen and oxygen atoms in total. The van der Waals surface area contributed by atoms with E-state index in [1.165, 1.54) is 25.1 Å². The van der Waals surface area contributed by atoms with Gasteiger partial charge in [-0.1, -0.05) is 6.07 Å². The van der Waals surface area contributed by atoms with Crippen LogP contribution in [-0.4, -0.2) is 44.4 Å². The number of nitrogens with one attached hydrogen (secondary N) is 1. The molecule has 1 amide bonds. The predicted octanol–water partition coefficient (Wildman–Crippen LogP) is 0.588. The maximum Gasteiger partial charge on any atom is 0.329 e. The molecule has 0 bridgehead atoms. The van der Waals surface area contributed by atoms with E-state index in [2.05, 4.69) is 10.2 Å². The lowest BCUT2D eigenvalue weighted by atomic mass is 9.92. The molecular weight excluding hydrogens is 324 g/mol. The van der Waals surface area contributed by atoms with Crippen LogP contribution in [0.25, 0.3) is 0 Å². The fourth-order valence-corrected chi connectivity index (χ4v) is 2.00. The van der Waals surface area contributed by atoms with Crippen LogP contribution < -0.4 is 5.32 Å². The van der Waals surface area contributed by atoms with Crippen molar-refractivity contribution in [3.63, 3.8) is 0 Å². The maximum absolute atomic E-state index is 11.8. The highest BCUT2D eigenvalue weighted by Gasteiger charge is 2.35. The topological polar surface area (TPSA) is 159 Å². The monoisotopic (exact) mass is 342 g/mol. The second-order valence-electron chi connectivity index (χ2n) is 5.35. The van der Waals surface area contributed by atoms with Crippen molar-refractivity contribution in [3.05, 3.63) is 33.9 Å². The third-order valence-electron chi connectivity index (χ3n) is 3.23. The van der Waals surface area contributed by atoms with Gasteiger partial charge in [-0.15, -0.1) is 10.1 Å². The third-order valence-corrected chi connectivity index (χ3v) is 3.23. The van der Waals surface area contributed by atoms with Gasteiger partial charge in [0.1, 0.15) is 5.54 Å². The molecule has 1 atom stereocenters. The highest BCUT2D eigenvalue weighted by atomic mass is 16.9. The van der Waals surface area contributed by atoms with Gasteiger partial charge in [-0.25, -0.2) is 4.79 Å². The molecule has 0 aliphatic heterocycles. The number of carbonyl (C=O) groups excluding carboxylic acids is 1. The Morgan fingerprint density at radius 1 is 1.33 bits per heavy atom. The molecule has 0 aliphatic rings. The first-order chi connectivity index (χ1) is 11.1. The van der Waals surface area contributed by atoms with Crippen molar-refractivity contribution < 1.29 is 34.8 Å². The Hall–Kier alpha value is -3.04. The molecule has 0 fully saturated rings. The average molecular weight is 342 g/mol. The molecule has 10 heteroatoms. The first-order valence-corrected chi connectivity index (χ1v) is 6.96. The number of carbonyl (C=O) groups is 2. The summed E-state index contributed by atoms with van der Waals surface area (Å²) in [4.78, 5) is 37.4. The Morgan fingerprint density at radius 3 is 2.54 bits per heavy atom. The number of carboxylic acid groups (broad SMARTS) is 1. The van der Waals surface area contributed by atoms with E-state index < -0.39 is 28.3 Å². The minimum absolute atomic E-state index is 0.0580. The number of carboxylic acids is 1. The number of hydrogen-bond acceptors (Lipinski definition) is 7. The number of phenolic OH excluding ortho intramolecular Hbond substituents is 2. The van der Waals surface area contributed by atoms with Gasteiger partial charge in [0.25, 0.3) is 5.09 Å². The van der Waals surface area contributed by atoms with Gasteiger partial charge >= 0.3 is 5.97 Å². The predicted molar refractivity (Wildman–Crippen MR) is 79.8 cm³/mol. The molecule has 4 N–H and O–H groups in total. The summed E-state index contributed by atoms with van der Waals surface area (Å²) >= 11 is 0. The normalized spacial score (nSPS) is 12.9. The summed E-state index contributed by atoms with van der Waals surface area (Å²) in [6.07, 6.45) is -0.215. The van der Waals surface area contributed by atoms with Crippen LogP contribution in [0.1, 0.15) is 25.3 Å². The highest BCUT2D eigenvalue weighted by Crippen LogP contribution is 2.27. The van der Waals surface area contributed by atoms with Crippen molar-refractivity contribution in [3.8, 4) is 11.5 Å². The second kappa shape index (κ2) is 7.99. The number of hydrogen-bond donors (Lipinski definition) is 4. The van der Waals surface area contributed by atoms with Crippen molar-refractivity contribution >= 4 is 11.9 Å². The zero-order chi connectivity index (χ0) is 18.3. The van der Waals surface area contributed by atoms with Crippen LogP contribution in [-0.2, 0) is 20.8 Å². The van der Waals surface area contributed by atoms with E-state index >= 15 is 0 Å². The fraction of sp³-hybridized carbons (Fsp3) is 0.429. The molecule has 0 spiro atoms. The third kappa shape index (κ3) is 5.63. The number of aliphatic carboxylic acids is 1. The van der Waals surface area contributed by atoms with Crippen LogP contribution in [0.5, 0.6) is 11.5 Å². The molecule has 0 aromatic heterocycles.